The predicted molar refractivity (Wildman–Crippen MR) is 125 cm³/mol. The lowest BCUT2D eigenvalue weighted by atomic mass is 10.0. The van der Waals surface area contributed by atoms with Gasteiger partial charge in [0.15, 0.2) is 11.5 Å². The lowest BCUT2D eigenvalue weighted by Crippen LogP contribution is -2.33. The molecule has 1 fully saturated rings. The van der Waals surface area contributed by atoms with Gasteiger partial charge < -0.3 is 20.1 Å². The van der Waals surface area contributed by atoms with Crippen LogP contribution in [-0.4, -0.2) is 25.0 Å². The SMILES string of the molecule is COc1cc(C(C)NC(=O)CC(NC(C)=O)c2ccc(C)cc2)ccc1OC1CCCC1. The number of benzene rings is 2. The highest BCUT2D eigenvalue weighted by Gasteiger charge is 2.21. The molecule has 0 radical (unpaired) electrons. The zero-order valence-corrected chi connectivity index (χ0v) is 19.4. The molecule has 0 aliphatic heterocycles. The second kappa shape index (κ2) is 11.0. The molecule has 0 heterocycles. The molecule has 6 heteroatoms. The Hall–Kier alpha value is -3.02. The van der Waals surface area contributed by atoms with Crippen molar-refractivity contribution < 1.29 is 19.1 Å². The van der Waals surface area contributed by atoms with Gasteiger partial charge in [0.05, 0.1) is 31.7 Å². The third kappa shape index (κ3) is 6.49. The lowest BCUT2D eigenvalue weighted by Gasteiger charge is -2.21. The minimum Gasteiger partial charge on any atom is -0.493 e. The second-order valence-electron chi connectivity index (χ2n) is 8.59. The Morgan fingerprint density at radius 3 is 2.28 bits per heavy atom. The van der Waals surface area contributed by atoms with Gasteiger partial charge in [-0.25, -0.2) is 0 Å². The van der Waals surface area contributed by atoms with Crippen LogP contribution in [0.4, 0.5) is 0 Å². The van der Waals surface area contributed by atoms with Gasteiger partial charge in [0, 0.05) is 6.92 Å². The van der Waals surface area contributed by atoms with Crippen LogP contribution in [0.5, 0.6) is 11.5 Å². The van der Waals surface area contributed by atoms with Crippen molar-refractivity contribution in [2.75, 3.05) is 7.11 Å². The van der Waals surface area contributed by atoms with Gasteiger partial charge in [-0.05, 0) is 62.8 Å². The molecule has 2 N–H and O–H groups in total. The zero-order chi connectivity index (χ0) is 23.1. The maximum absolute atomic E-state index is 12.8. The highest BCUT2D eigenvalue weighted by atomic mass is 16.5. The molecule has 172 valence electrons. The smallest absolute Gasteiger partial charge is 0.222 e. The van der Waals surface area contributed by atoms with Crippen molar-refractivity contribution in [1.29, 1.82) is 0 Å². The molecular formula is C26H34N2O4. The fourth-order valence-corrected chi connectivity index (χ4v) is 4.10. The van der Waals surface area contributed by atoms with E-state index in [1.54, 1.807) is 7.11 Å². The standard InChI is InChI=1S/C26H34N2O4/c1-17-9-11-20(12-10-17)23(28-19(3)29)16-26(30)27-18(2)21-13-14-24(25(15-21)31-4)32-22-7-5-6-8-22/h9-15,18,22-23H,5-8,16H2,1-4H3,(H,27,30)(H,28,29). The molecule has 0 spiro atoms. The predicted octanol–water partition coefficient (Wildman–Crippen LogP) is 4.77. The van der Waals surface area contributed by atoms with E-state index in [2.05, 4.69) is 10.6 Å². The summed E-state index contributed by atoms with van der Waals surface area (Å²) >= 11 is 0. The normalized spacial score (nSPS) is 15.6. The number of carbonyl (C=O) groups is 2. The van der Waals surface area contributed by atoms with Crippen LogP contribution in [0, 0.1) is 6.92 Å². The Kier molecular flexibility index (Phi) is 8.14. The molecule has 2 aromatic rings. The molecule has 6 nitrogen and oxygen atoms in total. The summed E-state index contributed by atoms with van der Waals surface area (Å²) in [7, 11) is 1.63. The number of aryl methyl sites for hydroxylation is 1. The third-order valence-electron chi connectivity index (χ3n) is 5.91. The van der Waals surface area contributed by atoms with Crippen molar-refractivity contribution >= 4 is 11.8 Å². The number of carbonyl (C=O) groups excluding carboxylic acids is 2. The van der Waals surface area contributed by atoms with Crippen LogP contribution in [0.15, 0.2) is 42.5 Å². The molecule has 32 heavy (non-hydrogen) atoms. The van der Waals surface area contributed by atoms with Gasteiger partial charge in [-0.2, -0.15) is 0 Å². The van der Waals surface area contributed by atoms with E-state index in [1.807, 2.05) is 56.3 Å². The van der Waals surface area contributed by atoms with Gasteiger partial charge in [0.25, 0.3) is 0 Å². The van der Waals surface area contributed by atoms with Crippen LogP contribution in [0.2, 0.25) is 0 Å². The van der Waals surface area contributed by atoms with Gasteiger partial charge >= 0.3 is 0 Å². The van der Waals surface area contributed by atoms with Crippen LogP contribution in [0.25, 0.3) is 0 Å². The molecule has 1 aliphatic carbocycles. The number of nitrogens with one attached hydrogen (secondary N) is 2. The second-order valence-corrected chi connectivity index (χ2v) is 8.59. The minimum absolute atomic E-state index is 0.137. The quantitative estimate of drug-likeness (QED) is 0.591. The molecular weight excluding hydrogens is 404 g/mol. The van der Waals surface area contributed by atoms with E-state index in [4.69, 9.17) is 9.47 Å². The number of rotatable bonds is 9. The Bertz CT molecular complexity index is 920. The van der Waals surface area contributed by atoms with Crippen LogP contribution in [0.1, 0.15) is 74.7 Å². The molecule has 1 aliphatic rings. The van der Waals surface area contributed by atoms with Crippen LogP contribution in [0.3, 0.4) is 0 Å². The van der Waals surface area contributed by atoms with E-state index < -0.39 is 0 Å². The lowest BCUT2D eigenvalue weighted by molar-refractivity contribution is -0.123. The summed E-state index contributed by atoms with van der Waals surface area (Å²) in [6, 6.07) is 13.1. The number of methoxy groups -OCH3 is 1. The average Bonchev–Trinajstić information content (AvgIpc) is 3.26. The van der Waals surface area contributed by atoms with Gasteiger partial charge in [0.1, 0.15) is 0 Å². The topological polar surface area (TPSA) is 76.7 Å². The summed E-state index contributed by atoms with van der Waals surface area (Å²) < 4.78 is 11.6. The van der Waals surface area contributed by atoms with E-state index in [-0.39, 0.29) is 36.4 Å². The van der Waals surface area contributed by atoms with Crippen molar-refractivity contribution in [2.24, 2.45) is 0 Å². The maximum Gasteiger partial charge on any atom is 0.222 e. The van der Waals surface area contributed by atoms with Crippen molar-refractivity contribution in [3.05, 3.63) is 59.2 Å². The van der Waals surface area contributed by atoms with E-state index >= 15 is 0 Å². The Morgan fingerprint density at radius 1 is 1.00 bits per heavy atom. The summed E-state index contributed by atoms with van der Waals surface area (Å²) in [5.41, 5.74) is 2.96. The summed E-state index contributed by atoms with van der Waals surface area (Å²) in [4.78, 5) is 24.5. The van der Waals surface area contributed by atoms with Gasteiger partial charge in [-0.15, -0.1) is 0 Å². The van der Waals surface area contributed by atoms with Crippen molar-refractivity contribution in [3.63, 3.8) is 0 Å². The summed E-state index contributed by atoms with van der Waals surface area (Å²) in [5.74, 6) is 1.11. The first kappa shape index (κ1) is 23.6. The first-order valence-electron chi connectivity index (χ1n) is 11.3. The highest BCUT2D eigenvalue weighted by Crippen LogP contribution is 2.33. The third-order valence-corrected chi connectivity index (χ3v) is 5.91. The molecule has 3 rings (SSSR count). The molecule has 2 atom stereocenters. The minimum atomic E-state index is -0.378. The number of hydrogen-bond donors (Lipinski definition) is 2. The van der Waals surface area contributed by atoms with Gasteiger partial charge in [-0.3, -0.25) is 9.59 Å². The van der Waals surface area contributed by atoms with Crippen LogP contribution >= 0.6 is 0 Å². The Labute approximate surface area is 190 Å². The van der Waals surface area contributed by atoms with E-state index in [0.717, 1.165) is 35.3 Å². The average molecular weight is 439 g/mol. The largest absolute Gasteiger partial charge is 0.493 e. The molecule has 2 aromatic carbocycles. The van der Waals surface area contributed by atoms with E-state index in [9.17, 15) is 9.59 Å². The number of amides is 2. The van der Waals surface area contributed by atoms with Gasteiger partial charge in [-0.1, -0.05) is 35.9 Å². The fourth-order valence-electron chi connectivity index (χ4n) is 4.10. The monoisotopic (exact) mass is 438 g/mol. The Morgan fingerprint density at radius 2 is 1.66 bits per heavy atom. The molecule has 0 saturated heterocycles. The van der Waals surface area contributed by atoms with Crippen molar-refractivity contribution in [1.82, 2.24) is 10.6 Å². The molecule has 0 aromatic heterocycles. The molecule has 2 amide bonds. The fraction of sp³-hybridized carbons (Fsp3) is 0.462. The number of hydrogen-bond acceptors (Lipinski definition) is 4. The highest BCUT2D eigenvalue weighted by molar-refractivity contribution is 5.79. The van der Waals surface area contributed by atoms with Crippen molar-refractivity contribution in [3.8, 4) is 11.5 Å². The van der Waals surface area contributed by atoms with E-state index in [0.29, 0.717) is 5.75 Å². The summed E-state index contributed by atoms with van der Waals surface area (Å²) in [5, 5.41) is 5.92. The van der Waals surface area contributed by atoms with Gasteiger partial charge in [0.2, 0.25) is 11.8 Å². The molecule has 2 unspecified atom stereocenters. The van der Waals surface area contributed by atoms with Crippen LogP contribution in [-0.2, 0) is 9.59 Å². The van der Waals surface area contributed by atoms with Crippen molar-refractivity contribution in [2.45, 2.75) is 71.1 Å². The zero-order valence-electron chi connectivity index (χ0n) is 19.4. The maximum atomic E-state index is 12.8. The summed E-state index contributed by atoms with van der Waals surface area (Å²) in [6.45, 7) is 5.40. The first-order valence-corrected chi connectivity index (χ1v) is 11.3. The summed E-state index contributed by atoms with van der Waals surface area (Å²) in [6.07, 6.45) is 4.97. The molecule has 1 saturated carbocycles. The Balaban J connectivity index is 1.65. The number of ether oxygens (including phenoxy) is 2. The van der Waals surface area contributed by atoms with E-state index in [1.165, 1.54) is 19.8 Å². The molecule has 0 bridgehead atoms. The van der Waals surface area contributed by atoms with Crippen LogP contribution < -0.4 is 20.1 Å². The first-order chi connectivity index (χ1) is 15.4.